The molecule has 3 aromatic rings. The Labute approximate surface area is 220 Å². The summed E-state index contributed by atoms with van der Waals surface area (Å²) in [6.45, 7) is 6.58. The zero-order valence-corrected chi connectivity index (χ0v) is 21.6. The minimum atomic E-state index is -1.21. The van der Waals surface area contributed by atoms with Gasteiger partial charge in [0.05, 0.1) is 22.8 Å². The molecule has 0 spiro atoms. The fraction of sp³-hybridized carbons (Fsp3) is 0.333. The number of carbonyl (C=O) groups is 2. The lowest BCUT2D eigenvalue weighted by molar-refractivity contribution is 0.0184. The number of piperidine rings is 1. The number of nitrogens with one attached hydrogen (secondary N) is 1. The highest BCUT2D eigenvalue weighted by Crippen LogP contribution is 2.37. The molecule has 1 fully saturated rings. The standard InChI is InChI=1S/C24H23Cl2FN4O4S/c1-3-9-35-16-11-31(8-6-13(16)10-15(32)20-18(26)17(25)12(2)29-20)24-30-21(22(36-24)23(33)34)19-14(27)5-4-7-28-19/h3-5,7,13,16,29H,1,6,8-11H2,2H3,(H,33,34)/t13-,16-/m0/s1. The maximum Gasteiger partial charge on any atom is 0.348 e. The molecule has 2 atom stereocenters. The number of aromatic amines is 1. The van der Waals surface area contributed by atoms with Crippen LogP contribution in [0.4, 0.5) is 9.52 Å². The number of hydrogen-bond acceptors (Lipinski definition) is 7. The molecule has 8 nitrogen and oxygen atoms in total. The van der Waals surface area contributed by atoms with Gasteiger partial charge in [0.15, 0.2) is 16.7 Å². The number of ketones is 1. The predicted octanol–water partition coefficient (Wildman–Crippen LogP) is 5.66. The van der Waals surface area contributed by atoms with Crippen molar-refractivity contribution < 1.29 is 23.8 Å². The zero-order valence-electron chi connectivity index (χ0n) is 19.3. The van der Waals surface area contributed by atoms with E-state index in [1.807, 2.05) is 4.90 Å². The van der Waals surface area contributed by atoms with E-state index in [0.29, 0.717) is 35.4 Å². The van der Waals surface area contributed by atoms with Gasteiger partial charge in [0, 0.05) is 31.4 Å². The van der Waals surface area contributed by atoms with Crippen LogP contribution in [0.5, 0.6) is 0 Å². The maximum absolute atomic E-state index is 14.4. The largest absolute Gasteiger partial charge is 0.477 e. The van der Waals surface area contributed by atoms with E-state index in [9.17, 15) is 19.1 Å². The zero-order chi connectivity index (χ0) is 26.0. The van der Waals surface area contributed by atoms with Crippen molar-refractivity contribution in [1.29, 1.82) is 0 Å². The third-order valence-corrected chi connectivity index (χ3v) is 8.02. The van der Waals surface area contributed by atoms with E-state index in [1.165, 1.54) is 18.3 Å². The minimum absolute atomic E-state index is 0.0184. The summed E-state index contributed by atoms with van der Waals surface area (Å²) >= 11 is 13.3. The number of aryl methyl sites for hydroxylation is 1. The summed E-state index contributed by atoms with van der Waals surface area (Å²) in [4.78, 5) is 38.0. The number of ether oxygens (including phenoxy) is 1. The van der Waals surface area contributed by atoms with Gasteiger partial charge >= 0.3 is 5.97 Å². The number of aromatic nitrogens is 3. The Kier molecular flexibility index (Phi) is 8.09. The Morgan fingerprint density at radius 1 is 1.39 bits per heavy atom. The molecular formula is C24H23Cl2FN4O4S. The number of halogens is 3. The van der Waals surface area contributed by atoms with E-state index in [1.54, 1.807) is 13.0 Å². The highest BCUT2D eigenvalue weighted by Gasteiger charge is 2.35. The van der Waals surface area contributed by atoms with Gasteiger partial charge in [-0.3, -0.25) is 9.78 Å². The average Bonchev–Trinajstić information content (AvgIpc) is 3.41. The maximum atomic E-state index is 14.4. The fourth-order valence-corrected chi connectivity index (χ4v) is 5.54. The number of thiazole rings is 1. The van der Waals surface area contributed by atoms with Crippen LogP contribution >= 0.6 is 34.5 Å². The number of carbonyl (C=O) groups excluding carboxylic acids is 1. The van der Waals surface area contributed by atoms with Crippen LogP contribution in [0, 0.1) is 18.7 Å². The number of nitrogens with zero attached hydrogens (tertiary/aromatic N) is 3. The molecule has 1 aliphatic rings. The van der Waals surface area contributed by atoms with E-state index in [2.05, 4.69) is 21.5 Å². The Balaban J connectivity index is 1.57. The van der Waals surface area contributed by atoms with E-state index >= 15 is 0 Å². The number of pyridine rings is 1. The molecular weight excluding hydrogens is 530 g/mol. The normalized spacial score (nSPS) is 17.8. The van der Waals surface area contributed by atoms with Crippen molar-refractivity contribution in [2.45, 2.75) is 25.9 Å². The summed E-state index contributed by atoms with van der Waals surface area (Å²) in [5.74, 6) is -2.16. The number of aromatic carboxylic acids is 1. The summed E-state index contributed by atoms with van der Waals surface area (Å²) in [5, 5.41) is 10.6. The minimum Gasteiger partial charge on any atom is -0.477 e. The first-order valence-corrected chi connectivity index (χ1v) is 12.7. The van der Waals surface area contributed by atoms with E-state index < -0.39 is 11.8 Å². The Morgan fingerprint density at radius 2 is 2.17 bits per heavy atom. The lowest BCUT2D eigenvalue weighted by Gasteiger charge is -2.38. The molecule has 3 aromatic heterocycles. The highest BCUT2D eigenvalue weighted by molar-refractivity contribution is 7.17. The fourth-order valence-electron chi connectivity index (χ4n) is 4.17. The molecule has 0 aromatic carbocycles. The number of hydrogen-bond donors (Lipinski definition) is 2. The van der Waals surface area contributed by atoms with Crippen molar-refractivity contribution in [3.63, 3.8) is 0 Å². The number of carboxylic acid groups (broad SMARTS) is 1. The van der Waals surface area contributed by atoms with Crippen LogP contribution in [0.2, 0.25) is 10.0 Å². The summed E-state index contributed by atoms with van der Waals surface area (Å²) in [7, 11) is 0. The van der Waals surface area contributed by atoms with Gasteiger partial charge in [0.25, 0.3) is 0 Å². The summed E-state index contributed by atoms with van der Waals surface area (Å²) in [6, 6.07) is 2.63. The van der Waals surface area contributed by atoms with Crippen LogP contribution in [0.25, 0.3) is 11.4 Å². The number of rotatable bonds is 9. The van der Waals surface area contributed by atoms with Gasteiger partial charge in [-0.2, -0.15) is 0 Å². The lowest BCUT2D eigenvalue weighted by atomic mass is 9.88. The van der Waals surface area contributed by atoms with Gasteiger partial charge in [-0.1, -0.05) is 40.6 Å². The molecule has 0 bridgehead atoms. The second-order valence-electron chi connectivity index (χ2n) is 8.35. The van der Waals surface area contributed by atoms with E-state index in [-0.39, 0.29) is 57.8 Å². The van der Waals surface area contributed by atoms with Gasteiger partial charge in [0.2, 0.25) is 0 Å². The highest BCUT2D eigenvalue weighted by atomic mass is 35.5. The molecule has 4 heterocycles. The first-order valence-electron chi connectivity index (χ1n) is 11.1. The molecule has 190 valence electrons. The van der Waals surface area contributed by atoms with Gasteiger partial charge in [-0.25, -0.2) is 14.2 Å². The number of carboxylic acids is 1. The van der Waals surface area contributed by atoms with Gasteiger partial charge < -0.3 is 19.7 Å². The molecule has 1 saturated heterocycles. The molecule has 36 heavy (non-hydrogen) atoms. The lowest BCUT2D eigenvalue weighted by Crippen LogP contribution is -2.46. The number of anilines is 1. The van der Waals surface area contributed by atoms with Crippen LogP contribution in [-0.2, 0) is 4.74 Å². The molecule has 2 N–H and O–H groups in total. The Hall–Kier alpha value is -2.79. The number of H-pyrrole nitrogens is 1. The monoisotopic (exact) mass is 552 g/mol. The topological polar surface area (TPSA) is 108 Å². The van der Waals surface area contributed by atoms with Gasteiger partial charge in [-0.05, 0) is 31.4 Å². The third-order valence-electron chi connectivity index (χ3n) is 5.97. The molecule has 0 unspecified atom stereocenters. The predicted molar refractivity (Wildman–Crippen MR) is 137 cm³/mol. The van der Waals surface area contributed by atoms with Gasteiger partial charge in [-0.15, -0.1) is 6.58 Å². The molecule has 0 aliphatic carbocycles. The second-order valence-corrected chi connectivity index (χ2v) is 10.1. The van der Waals surface area contributed by atoms with Crippen LogP contribution in [0.15, 0.2) is 31.0 Å². The van der Waals surface area contributed by atoms with Crippen LogP contribution in [0.3, 0.4) is 0 Å². The summed E-state index contributed by atoms with van der Waals surface area (Å²) in [5.41, 5.74) is 0.763. The smallest absolute Gasteiger partial charge is 0.348 e. The summed E-state index contributed by atoms with van der Waals surface area (Å²) < 4.78 is 20.3. The van der Waals surface area contributed by atoms with Crippen molar-refractivity contribution in [2.24, 2.45) is 5.92 Å². The number of Topliss-reactive ketones (excluding diaryl/α,β-unsaturated/α-hetero) is 1. The van der Waals surface area contributed by atoms with Crippen molar-refractivity contribution in [2.75, 3.05) is 24.6 Å². The second kappa shape index (κ2) is 11.1. The van der Waals surface area contributed by atoms with E-state index in [4.69, 9.17) is 27.9 Å². The summed E-state index contributed by atoms with van der Waals surface area (Å²) in [6.07, 6.45) is 3.41. The molecule has 12 heteroatoms. The first kappa shape index (κ1) is 26.3. The van der Waals surface area contributed by atoms with Gasteiger partial charge in [0.1, 0.15) is 22.0 Å². The SMILES string of the molecule is C=CCO[C@H]1CN(c2nc(-c3ncccc3F)c(C(=O)O)s2)CC[C@H]1CC(=O)c1[nH]c(C)c(Cl)c1Cl. The molecule has 4 rings (SSSR count). The molecule has 0 radical (unpaired) electrons. The Bertz CT molecular complexity index is 1310. The van der Waals surface area contributed by atoms with E-state index in [0.717, 1.165) is 11.3 Å². The van der Waals surface area contributed by atoms with Crippen molar-refractivity contribution in [3.05, 3.63) is 63.1 Å². The molecule has 0 amide bonds. The van der Waals surface area contributed by atoms with Crippen molar-refractivity contribution in [1.82, 2.24) is 15.0 Å². The third kappa shape index (κ3) is 5.31. The Morgan fingerprint density at radius 3 is 2.81 bits per heavy atom. The van der Waals surface area contributed by atoms with Crippen LogP contribution in [0.1, 0.15) is 38.7 Å². The molecule has 1 aliphatic heterocycles. The quantitative estimate of drug-likeness (QED) is 0.260. The van der Waals surface area contributed by atoms with Crippen molar-refractivity contribution >= 4 is 51.4 Å². The first-order chi connectivity index (χ1) is 17.2. The van der Waals surface area contributed by atoms with Crippen molar-refractivity contribution in [3.8, 4) is 11.4 Å². The molecule has 0 saturated carbocycles. The van der Waals surface area contributed by atoms with Crippen LogP contribution in [-0.4, -0.2) is 57.6 Å². The van der Waals surface area contributed by atoms with Crippen LogP contribution < -0.4 is 4.90 Å². The average molecular weight is 553 g/mol.